The number of aromatic nitrogens is 2. The lowest BCUT2D eigenvalue weighted by Gasteiger charge is -2.29. The second kappa shape index (κ2) is 8.66. The third kappa shape index (κ3) is 4.85. The second-order valence-corrected chi connectivity index (χ2v) is 8.98. The summed E-state index contributed by atoms with van der Waals surface area (Å²) < 4.78 is 31.3. The number of rotatable bonds is 7. The average Bonchev–Trinajstić information content (AvgIpc) is 3.17. The number of sulfonamides is 1. The van der Waals surface area contributed by atoms with Gasteiger partial charge < -0.3 is 9.84 Å². The van der Waals surface area contributed by atoms with Crippen LogP contribution < -0.4 is 9.62 Å². The maximum absolute atomic E-state index is 12.7. The van der Waals surface area contributed by atoms with Gasteiger partial charge in [0.05, 0.1) is 18.5 Å². The van der Waals surface area contributed by atoms with E-state index in [-0.39, 0.29) is 12.4 Å². The quantitative estimate of drug-likeness (QED) is 0.620. The van der Waals surface area contributed by atoms with Gasteiger partial charge in [-0.1, -0.05) is 47.6 Å². The molecule has 0 bridgehead atoms. The van der Waals surface area contributed by atoms with Gasteiger partial charge in [0.25, 0.3) is 0 Å². The van der Waals surface area contributed by atoms with Crippen LogP contribution in [0.25, 0.3) is 11.4 Å². The van der Waals surface area contributed by atoms with Gasteiger partial charge in [0.2, 0.25) is 27.6 Å². The Bertz CT molecular complexity index is 1140. The first-order valence-electron chi connectivity index (χ1n) is 9.39. The molecule has 158 valence electrons. The van der Waals surface area contributed by atoms with E-state index in [1.807, 2.05) is 49.4 Å². The Hall–Kier alpha value is -3.20. The third-order valence-corrected chi connectivity index (χ3v) is 5.83. The molecule has 1 atom stereocenters. The molecule has 0 radical (unpaired) electrons. The molecule has 0 fully saturated rings. The number of hydrogen-bond acceptors (Lipinski definition) is 6. The molecular formula is C21H24N4O4S. The number of carbonyl (C=O) groups excluding carboxylic acids is 1. The Morgan fingerprint density at radius 2 is 1.87 bits per heavy atom. The molecule has 1 amide bonds. The highest BCUT2D eigenvalue weighted by Crippen LogP contribution is 2.26. The Morgan fingerprint density at radius 1 is 1.17 bits per heavy atom. The van der Waals surface area contributed by atoms with Gasteiger partial charge in [-0.25, -0.2) is 8.42 Å². The van der Waals surface area contributed by atoms with Crippen LogP contribution >= 0.6 is 0 Å². The van der Waals surface area contributed by atoms with Crippen molar-refractivity contribution in [2.24, 2.45) is 0 Å². The Kier molecular flexibility index (Phi) is 6.21. The van der Waals surface area contributed by atoms with Crippen LogP contribution in [0.15, 0.2) is 53.1 Å². The van der Waals surface area contributed by atoms with Crippen LogP contribution in [-0.2, 0) is 21.4 Å². The molecule has 1 heterocycles. The number of nitrogens with one attached hydrogen (secondary N) is 1. The number of nitrogens with zero attached hydrogens (tertiary/aromatic N) is 3. The van der Waals surface area contributed by atoms with Gasteiger partial charge in [-0.2, -0.15) is 4.98 Å². The largest absolute Gasteiger partial charge is 0.345 e. The highest BCUT2D eigenvalue weighted by atomic mass is 32.2. The molecular weight excluding hydrogens is 404 g/mol. The van der Waals surface area contributed by atoms with E-state index in [0.29, 0.717) is 11.5 Å². The van der Waals surface area contributed by atoms with Crippen LogP contribution in [0.3, 0.4) is 0 Å². The van der Waals surface area contributed by atoms with Gasteiger partial charge >= 0.3 is 0 Å². The fourth-order valence-corrected chi connectivity index (χ4v) is 4.30. The molecule has 1 aromatic heterocycles. The van der Waals surface area contributed by atoms with Crippen molar-refractivity contribution in [2.75, 3.05) is 10.6 Å². The number of aryl methyl sites for hydroxylation is 2. The van der Waals surface area contributed by atoms with E-state index >= 15 is 0 Å². The van der Waals surface area contributed by atoms with Crippen molar-refractivity contribution in [1.29, 1.82) is 0 Å². The average molecular weight is 429 g/mol. The minimum atomic E-state index is -3.70. The van der Waals surface area contributed by atoms with Crippen molar-refractivity contribution < 1.29 is 17.7 Å². The minimum absolute atomic E-state index is 0.00654. The third-order valence-electron chi connectivity index (χ3n) is 4.60. The Labute approximate surface area is 176 Å². The molecule has 0 aliphatic heterocycles. The Morgan fingerprint density at radius 3 is 2.53 bits per heavy atom. The van der Waals surface area contributed by atoms with E-state index < -0.39 is 22.0 Å². The van der Waals surface area contributed by atoms with Gasteiger partial charge in [0.1, 0.15) is 6.04 Å². The van der Waals surface area contributed by atoms with E-state index in [0.717, 1.165) is 27.3 Å². The molecule has 3 rings (SSSR count). The monoisotopic (exact) mass is 428 g/mol. The van der Waals surface area contributed by atoms with Crippen molar-refractivity contribution in [3.63, 3.8) is 0 Å². The van der Waals surface area contributed by atoms with Crippen LogP contribution in [0.2, 0.25) is 0 Å². The molecule has 2 aromatic carbocycles. The molecule has 30 heavy (non-hydrogen) atoms. The highest BCUT2D eigenvalue weighted by Gasteiger charge is 2.30. The summed E-state index contributed by atoms with van der Waals surface area (Å²) in [6.45, 7) is 5.21. The number of amides is 1. The van der Waals surface area contributed by atoms with Gasteiger partial charge in [0.15, 0.2) is 0 Å². The molecule has 0 spiro atoms. The molecule has 0 aliphatic carbocycles. The SMILES string of the molecule is Cc1ccc(C)c(N([C@H](C)C(=O)NCc2nc(-c3ccccc3)no2)S(C)(=O)=O)c1. The van der Waals surface area contributed by atoms with E-state index in [2.05, 4.69) is 15.5 Å². The normalized spacial score (nSPS) is 12.4. The van der Waals surface area contributed by atoms with Crippen molar-refractivity contribution in [2.45, 2.75) is 33.4 Å². The standard InChI is InChI=1S/C21H24N4O4S/c1-14-10-11-15(2)18(12-14)25(30(4,27)28)16(3)21(26)22-13-19-23-20(24-29-19)17-8-6-5-7-9-17/h5-12,16H,13H2,1-4H3,(H,22,26)/t16-/m1/s1. The van der Waals surface area contributed by atoms with E-state index in [1.54, 1.807) is 19.9 Å². The van der Waals surface area contributed by atoms with E-state index in [1.165, 1.54) is 0 Å². The van der Waals surface area contributed by atoms with E-state index in [4.69, 9.17) is 4.52 Å². The molecule has 1 N–H and O–H groups in total. The summed E-state index contributed by atoms with van der Waals surface area (Å²) in [5.41, 5.74) is 2.93. The van der Waals surface area contributed by atoms with Gasteiger partial charge in [-0.3, -0.25) is 9.10 Å². The Balaban J connectivity index is 1.75. The first-order valence-corrected chi connectivity index (χ1v) is 11.2. The molecule has 8 nitrogen and oxygen atoms in total. The summed E-state index contributed by atoms with van der Waals surface area (Å²) in [5.74, 6) is 0.175. The number of hydrogen-bond donors (Lipinski definition) is 1. The molecule has 0 saturated heterocycles. The topological polar surface area (TPSA) is 105 Å². The van der Waals surface area contributed by atoms with Gasteiger partial charge in [-0.05, 0) is 38.0 Å². The lowest BCUT2D eigenvalue weighted by molar-refractivity contribution is -0.122. The van der Waals surface area contributed by atoms with Crippen LogP contribution in [0.4, 0.5) is 5.69 Å². The molecule has 9 heteroatoms. The number of anilines is 1. The predicted octanol–water partition coefficient (Wildman–Crippen LogP) is 2.82. The van der Waals surface area contributed by atoms with Crippen molar-refractivity contribution >= 4 is 21.6 Å². The first kappa shape index (κ1) is 21.5. The van der Waals surface area contributed by atoms with Crippen molar-refractivity contribution in [3.8, 4) is 11.4 Å². The molecule has 3 aromatic rings. The van der Waals surface area contributed by atoms with Gasteiger partial charge in [-0.15, -0.1) is 0 Å². The van der Waals surface area contributed by atoms with Crippen LogP contribution in [0, 0.1) is 13.8 Å². The summed E-state index contributed by atoms with van der Waals surface area (Å²) in [6, 6.07) is 13.8. The smallest absolute Gasteiger partial charge is 0.246 e. The van der Waals surface area contributed by atoms with Crippen LogP contribution in [-0.4, -0.2) is 36.8 Å². The maximum Gasteiger partial charge on any atom is 0.246 e. The fourth-order valence-electron chi connectivity index (χ4n) is 3.08. The first-order chi connectivity index (χ1) is 14.2. The molecule has 0 aliphatic rings. The minimum Gasteiger partial charge on any atom is -0.345 e. The van der Waals surface area contributed by atoms with Crippen molar-refractivity contribution in [3.05, 3.63) is 65.5 Å². The van der Waals surface area contributed by atoms with Crippen LogP contribution in [0.5, 0.6) is 0 Å². The summed E-state index contributed by atoms with van der Waals surface area (Å²) in [6.07, 6.45) is 1.09. The second-order valence-electron chi connectivity index (χ2n) is 7.12. The highest BCUT2D eigenvalue weighted by molar-refractivity contribution is 7.92. The zero-order valence-electron chi connectivity index (χ0n) is 17.3. The summed E-state index contributed by atoms with van der Waals surface area (Å²) >= 11 is 0. The summed E-state index contributed by atoms with van der Waals surface area (Å²) in [7, 11) is -3.70. The zero-order valence-corrected chi connectivity index (χ0v) is 18.1. The summed E-state index contributed by atoms with van der Waals surface area (Å²) in [5, 5.41) is 6.59. The number of carbonyl (C=O) groups is 1. The lowest BCUT2D eigenvalue weighted by Crippen LogP contribution is -2.48. The lowest BCUT2D eigenvalue weighted by atomic mass is 10.1. The van der Waals surface area contributed by atoms with E-state index in [9.17, 15) is 13.2 Å². The van der Waals surface area contributed by atoms with Crippen LogP contribution in [0.1, 0.15) is 23.9 Å². The van der Waals surface area contributed by atoms with Gasteiger partial charge in [0, 0.05) is 5.56 Å². The zero-order chi connectivity index (χ0) is 21.9. The molecule has 0 unspecified atom stereocenters. The summed E-state index contributed by atoms with van der Waals surface area (Å²) in [4.78, 5) is 17.0. The predicted molar refractivity (Wildman–Crippen MR) is 114 cm³/mol. The molecule has 0 saturated carbocycles. The fraction of sp³-hybridized carbons (Fsp3) is 0.286. The maximum atomic E-state index is 12.7. The number of benzene rings is 2. The van der Waals surface area contributed by atoms with Crippen molar-refractivity contribution in [1.82, 2.24) is 15.5 Å².